The maximum absolute atomic E-state index is 12.8. The van der Waals surface area contributed by atoms with E-state index in [0.717, 1.165) is 12.3 Å². The maximum atomic E-state index is 12.8. The molecular formula is C15H16F3N5O2. The summed E-state index contributed by atoms with van der Waals surface area (Å²) in [6.07, 6.45) is -2.31. The van der Waals surface area contributed by atoms with E-state index in [0.29, 0.717) is 25.3 Å². The van der Waals surface area contributed by atoms with Crippen LogP contribution in [0.5, 0.6) is 0 Å². The molecule has 3 heterocycles. The molecule has 1 saturated heterocycles. The van der Waals surface area contributed by atoms with Crippen molar-refractivity contribution in [2.45, 2.75) is 25.1 Å². The van der Waals surface area contributed by atoms with Gasteiger partial charge in [-0.1, -0.05) is 0 Å². The molecule has 0 bridgehead atoms. The summed E-state index contributed by atoms with van der Waals surface area (Å²) in [5.74, 6) is 0.136. The maximum Gasteiger partial charge on any atom is 0.433 e. The third kappa shape index (κ3) is 3.42. The zero-order valence-corrected chi connectivity index (χ0v) is 13.6. The Balaban J connectivity index is 1.86. The number of likely N-dealkylation sites (tertiary alicyclic amines) is 1. The minimum atomic E-state index is -4.60. The van der Waals surface area contributed by atoms with Crippen LogP contribution in [0.1, 0.15) is 40.8 Å². The Labute approximate surface area is 141 Å². The fraction of sp³-hybridized carbons (Fsp3) is 0.467. The second kappa shape index (κ2) is 6.34. The second-order valence-electron chi connectivity index (χ2n) is 5.91. The summed E-state index contributed by atoms with van der Waals surface area (Å²) in [7, 11) is 3.50. The van der Waals surface area contributed by atoms with Crippen LogP contribution in [-0.2, 0) is 6.18 Å². The van der Waals surface area contributed by atoms with E-state index < -0.39 is 23.8 Å². The van der Waals surface area contributed by atoms with Gasteiger partial charge in [-0.25, -0.2) is 0 Å². The number of carbonyl (C=O) groups is 1. The molecular weight excluding hydrogens is 339 g/mol. The highest BCUT2D eigenvalue weighted by Gasteiger charge is 2.37. The summed E-state index contributed by atoms with van der Waals surface area (Å²) < 4.78 is 43.6. The van der Waals surface area contributed by atoms with Crippen molar-refractivity contribution in [3.8, 4) is 0 Å². The van der Waals surface area contributed by atoms with Crippen molar-refractivity contribution in [3.63, 3.8) is 0 Å². The van der Waals surface area contributed by atoms with Crippen molar-refractivity contribution in [2.75, 3.05) is 25.5 Å². The van der Waals surface area contributed by atoms with Gasteiger partial charge in [0, 0.05) is 32.4 Å². The molecule has 1 atom stereocenters. The largest absolute Gasteiger partial charge is 0.433 e. The zero-order chi connectivity index (χ0) is 18.2. The molecule has 0 spiro atoms. The predicted octanol–water partition coefficient (Wildman–Crippen LogP) is 2.53. The molecule has 1 unspecified atom stereocenters. The molecule has 3 rings (SSSR count). The van der Waals surface area contributed by atoms with Crippen LogP contribution in [0.15, 0.2) is 22.9 Å². The first-order chi connectivity index (χ1) is 11.8. The molecule has 10 heteroatoms. The van der Waals surface area contributed by atoms with Crippen LogP contribution < -0.4 is 4.90 Å². The van der Waals surface area contributed by atoms with Gasteiger partial charge in [0.05, 0.1) is 0 Å². The Morgan fingerprint density at radius 3 is 2.80 bits per heavy atom. The Morgan fingerprint density at radius 1 is 1.40 bits per heavy atom. The van der Waals surface area contributed by atoms with Gasteiger partial charge in [0.2, 0.25) is 0 Å². The van der Waals surface area contributed by atoms with Gasteiger partial charge in [0.25, 0.3) is 17.7 Å². The van der Waals surface area contributed by atoms with E-state index in [1.54, 1.807) is 19.0 Å². The molecule has 7 nitrogen and oxygen atoms in total. The lowest BCUT2D eigenvalue weighted by Crippen LogP contribution is -2.31. The lowest BCUT2D eigenvalue weighted by Gasteiger charge is -2.22. The Morgan fingerprint density at radius 2 is 2.16 bits per heavy atom. The van der Waals surface area contributed by atoms with Crippen LogP contribution in [0.25, 0.3) is 0 Å². The number of hydrogen-bond acceptors (Lipinski definition) is 6. The van der Waals surface area contributed by atoms with Crippen molar-refractivity contribution in [1.82, 2.24) is 20.0 Å². The number of aromatic nitrogens is 3. The number of halogens is 3. The number of carbonyl (C=O) groups excluding carboxylic acids is 1. The third-order valence-corrected chi connectivity index (χ3v) is 3.93. The van der Waals surface area contributed by atoms with E-state index in [1.165, 1.54) is 11.0 Å². The van der Waals surface area contributed by atoms with E-state index in [4.69, 9.17) is 4.52 Å². The van der Waals surface area contributed by atoms with Gasteiger partial charge in [-0.2, -0.15) is 18.2 Å². The predicted molar refractivity (Wildman–Crippen MR) is 80.9 cm³/mol. The lowest BCUT2D eigenvalue weighted by atomic mass is 10.1. The molecule has 134 valence electrons. The molecule has 0 aromatic carbocycles. The van der Waals surface area contributed by atoms with E-state index in [-0.39, 0.29) is 11.5 Å². The molecule has 0 aliphatic carbocycles. The fourth-order valence-electron chi connectivity index (χ4n) is 2.69. The van der Waals surface area contributed by atoms with Crippen LogP contribution in [0.2, 0.25) is 0 Å². The number of rotatable bonds is 3. The summed E-state index contributed by atoms with van der Waals surface area (Å²) in [4.78, 5) is 23.3. The summed E-state index contributed by atoms with van der Waals surface area (Å²) in [5.41, 5.74) is -1.16. The first-order valence-corrected chi connectivity index (χ1v) is 7.62. The molecule has 0 saturated carbocycles. The highest BCUT2D eigenvalue weighted by molar-refractivity contribution is 5.94. The van der Waals surface area contributed by atoms with E-state index >= 15 is 0 Å². The molecule has 0 radical (unpaired) electrons. The fourth-order valence-corrected chi connectivity index (χ4v) is 2.69. The number of anilines is 1. The van der Waals surface area contributed by atoms with Crippen LogP contribution >= 0.6 is 0 Å². The van der Waals surface area contributed by atoms with Gasteiger partial charge in [-0.05, 0) is 30.1 Å². The number of pyridine rings is 1. The second-order valence-corrected chi connectivity index (χ2v) is 5.91. The SMILES string of the molecule is CN(C)c1noc(C2CCCN2C(=O)c2ccnc(C(F)(F)F)c2)n1. The van der Waals surface area contributed by atoms with Gasteiger partial charge < -0.3 is 14.3 Å². The average Bonchev–Trinajstić information content (AvgIpc) is 3.22. The molecule has 2 aromatic rings. The minimum Gasteiger partial charge on any atom is -0.344 e. The molecule has 1 aliphatic heterocycles. The Hall–Kier alpha value is -2.65. The van der Waals surface area contributed by atoms with Crippen LogP contribution in [0.4, 0.5) is 19.1 Å². The summed E-state index contributed by atoms with van der Waals surface area (Å²) >= 11 is 0. The van der Waals surface area contributed by atoms with Crippen molar-refractivity contribution in [3.05, 3.63) is 35.5 Å². The lowest BCUT2D eigenvalue weighted by molar-refractivity contribution is -0.141. The standard InChI is InChI=1S/C15H16F3N5O2/c1-22(2)14-20-12(25-21-14)10-4-3-7-23(10)13(24)9-5-6-19-11(8-9)15(16,17)18/h5-6,8,10H,3-4,7H2,1-2H3. The summed E-state index contributed by atoms with van der Waals surface area (Å²) in [6.45, 7) is 0.410. The van der Waals surface area contributed by atoms with Crippen LogP contribution in [0.3, 0.4) is 0 Å². The first-order valence-electron chi connectivity index (χ1n) is 7.62. The number of hydrogen-bond donors (Lipinski definition) is 0. The molecule has 2 aromatic heterocycles. The molecule has 0 N–H and O–H groups in total. The van der Waals surface area contributed by atoms with Gasteiger partial charge in [0.15, 0.2) is 0 Å². The minimum absolute atomic E-state index is 0.0680. The molecule has 1 amide bonds. The van der Waals surface area contributed by atoms with Crippen molar-refractivity contribution in [2.24, 2.45) is 0 Å². The Kier molecular flexibility index (Phi) is 4.36. The number of nitrogens with zero attached hydrogens (tertiary/aromatic N) is 5. The van der Waals surface area contributed by atoms with Crippen molar-refractivity contribution >= 4 is 11.9 Å². The van der Waals surface area contributed by atoms with Gasteiger partial charge in [-0.3, -0.25) is 9.78 Å². The van der Waals surface area contributed by atoms with Gasteiger partial charge in [-0.15, -0.1) is 0 Å². The van der Waals surface area contributed by atoms with Crippen LogP contribution in [0, 0.1) is 0 Å². The smallest absolute Gasteiger partial charge is 0.344 e. The normalized spacial score (nSPS) is 17.8. The summed E-state index contributed by atoms with van der Waals surface area (Å²) in [6, 6.07) is 1.58. The monoisotopic (exact) mass is 355 g/mol. The number of alkyl halides is 3. The van der Waals surface area contributed by atoms with E-state index in [1.807, 2.05) is 0 Å². The molecule has 1 aliphatic rings. The van der Waals surface area contributed by atoms with Gasteiger partial charge in [0.1, 0.15) is 11.7 Å². The topological polar surface area (TPSA) is 75.4 Å². The molecule has 25 heavy (non-hydrogen) atoms. The van der Waals surface area contributed by atoms with E-state index in [9.17, 15) is 18.0 Å². The quantitative estimate of drug-likeness (QED) is 0.842. The first kappa shape index (κ1) is 17.2. The van der Waals surface area contributed by atoms with E-state index in [2.05, 4.69) is 15.1 Å². The van der Waals surface area contributed by atoms with Crippen molar-refractivity contribution in [1.29, 1.82) is 0 Å². The Bertz CT molecular complexity index is 775. The highest BCUT2D eigenvalue weighted by Crippen LogP contribution is 2.34. The van der Waals surface area contributed by atoms with Crippen molar-refractivity contribution < 1.29 is 22.5 Å². The average molecular weight is 355 g/mol. The highest BCUT2D eigenvalue weighted by atomic mass is 19.4. The molecule has 1 fully saturated rings. The van der Waals surface area contributed by atoms with Crippen LogP contribution in [-0.4, -0.2) is 46.6 Å². The third-order valence-electron chi connectivity index (χ3n) is 3.93. The zero-order valence-electron chi connectivity index (χ0n) is 13.6. The summed E-state index contributed by atoms with van der Waals surface area (Å²) in [5, 5.41) is 3.82. The number of amides is 1. The van der Waals surface area contributed by atoms with Gasteiger partial charge >= 0.3 is 6.18 Å².